The Balaban J connectivity index is 1.45. The van der Waals surface area contributed by atoms with Gasteiger partial charge in [0.1, 0.15) is 5.82 Å². The number of carbonyl (C=O) groups is 1. The Morgan fingerprint density at radius 2 is 1.75 bits per heavy atom. The molecule has 3 aromatic rings. The number of carbonyl (C=O) groups excluding carboxylic acids is 1. The predicted octanol–water partition coefficient (Wildman–Crippen LogP) is 2.82. The fourth-order valence-corrected chi connectivity index (χ4v) is 3.80. The number of nitrogens with one attached hydrogen (secondary N) is 1. The molecule has 0 spiro atoms. The molecule has 1 aliphatic heterocycles. The molecule has 1 amide bonds. The van der Waals surface area contributed by atoms with Crippen LogP contribution in [0.3, 0.4) is 0 Å². The minimum atomic E-state index is -0.221. The molecular formula is C22H24N4O2. The van der Waals surface area contributed by atoms with Crippen LogP contribution in [0.4, 0.5) is 0 Å². The van der Waals surface area contributed by atoms with Crippen molar-refractivity contribution in [1.82, 2.24) is 19.7 Å². The molecule has 0 bridgehead atoms. The van der Waals surface area contributed by atoms with E-state index in [0.717, 1.165) is 35.5 Å². The maximum atomic E-state index is 12.6. The van der Waals surface area contributed by atoms with Gasteiger partial charge < -0.3 is 4.90 Å². The van der Waals surface area contributed by atoms with Crippen LogP contribution in [0.1, 0.15) is 35.7 Å². The average Bonchev–Trinajstić information content (AvgIpc) is 3.11. The van der Waals surface area contributed by atoms with Crippen LogP contribution in [-0.2, 0) is 11.2 Å². The van der Waals surface area contributed by atoms with E-state index in [4.69, 9.17) is 0 Å². The fourth-order valence-electron chi connectivity index (χ4n) is 3.80. The number of piperidine rings is 1. The number of aromatic amines is 1. The minimum Gasteiger partial charge on any atom is -0.342 e. The van der Waals surface area contributed by atoms with Gasteiger partial charge in [-0.25, -0.2) is 14.5 Å². The third-order valence-corrected chi connectivity index (χ3v) is 5.40. The summed E-state index contributed by atoms with van der Waals surface area (Å²) in [6.45, 7) is 3.39. The molecule has 6 nitrogen and oxygen atoms in total. The standard InChI is InChI=1S/C22H24N4O2/c1-16-7-9-19(10-8-16)26-21(23-24-22(26)28)18-11-13-25(14-12-18)20(27)15-17-5-3-2-4-6-17/h2-10,18H,11-15H2,1H3,(H,24,28). The molecule has 2 aromatic carbocycles. The lowest BCUT2D eigenvalue weighted by molar-refractivity contribution is -0.131. The van der Waals surface area contributed by atoms with Gasteiger partial charge in [-0.1, -0.05) is 48.0 Å². The Bertz CT molecular complexity index is 997. The van der Waals surface area contributed by atoms with Crippen LogP contribution in [0, 0.1) is 6.92 Å². The average molecular weight is 376 g/mol. The number of aryl methyl sites for hydroxylation is 1. The molecule has 1 N–H and O–H groups in total. The molecule has 0 radical (unpaired) electrons. The zero-order valence-corrected chi connectivity index (χ0v) is 16.0. The Morgan fingerprint density at radius 1 is 1.07 bits per heavy atom. The van der Waals surface area contributed by atoms with Crippen molar-refractivity contribution in [2.75, 3.05) is 13.1 Å². The fraction of sp³-hybridized carbons (Fsp3) is 0.318. The first-order valence-corrected chi connectivity index (χ1v) is 9.68. The van der Waals surface area contributed by atoms with Gasteiger partial charge in [0.2, 0.25) is 5.91 Å². The van der Waals surface area contributed by atoms with Crippen molar-refractivity contribution >= 4 is 5.91 Å². The molecule has 4 rings (SSSR count). The molecule has 1 aromatic heterocycles. The number of amides is 1. The SMILES string of the molecule is Cc1ccc(-n2c(C3CCN(C(=O)Cc4ccccc4)CC3)n[nH]c2=O)cc1. The smallest absolute Gasteiger partial charge is 0.342 e. The second-order valence-corrected chi connectivity index (χ2v) is 7.38. The van der Waals surface area contributed by atoms with Crippen LogP contribution in [0.2, 0.25) is 0 Å². The minimum absolute atomic E-state index is 0.154. The van der Waals surface area contributed by atoms with Crippen molar-refractivity contribution in [2.45, 2.75) is 32.1 Å². The Labute approximate surface area is 163 Å². The highest BCUT2D eigenvalue weighted by Gasteiger charge is 2.28. The molecule has 0 saturated carbocycles. The number of benzene rings is 2. The van der Waals surface area contributed by atoms with Crippen molar-refractivity contribution in [3.63, 3.8) is 0 Å². The quantitative estimate of drug-likeness (QED) is 0.761. The summed E-state index contributed by atoms with van der Waals surface area (Å²) < 4.78 is 1.66. The molecule has 1 saturated heterocycles. The molecule has 6 heteroatoms. The van der Waals surface area contributed by atoms with Gasteiger partial charge in [0.25, 0.3) is 0 Å². The summed E-state index contributed by atoms with van der Waals surface area (Å²) in [7, 11) is 0. The van der Waals surface area contributed by atoms with E-state index in [1.54, 1.807) is 4.57 Å². The van der Waals surface area contributed by atoms with Gasteiger partial charge in [0.05, 0.1) is 12.1 Å². The zero-order valence-electron chi connectivity index (χ0n) is 16.0. The molecule has 144 valence electrons. The summed E-state index contributed by atoms with van der Waals surface area (Å²) >= 11 is 0. The van der Waals surface area contributed by atoms with E-state index in [1.807, 2.05) is 66.4 Å². The van der Waals surface area contributed by atoms with Crippen LogP contribution in [0.5, 0.6) is 0 Å². The lowest BCUT2D eigenvalue weighted by atomic mass is 9.95. The first kappa shape index (κ1) is 18.2. The summed E-state index contributed by atoms with van der Waals surface area (Å²) in [6.07, 6.45) is 2.04. The summed E-state index contributed by atoms with van der Waals surface area (Å²) in [5.74, 6) is 1.06. The highest BCUT2D eigenvalue weighted by atomic mass is 16.2. The summed E-state index contributed by atoms with van der Waals surface area (Å²) in [6, 6.07) is 17.7. The van der Waals surface area contributed by atoms with Gasteiger partial charge in [0.15, 0.2) is 0 Å². The molecule has 28 heavy (non-hydrogen) atoms. The van der Waals surface area contributed by atoms with Crippen LogP contribution in [0.25, 0.3) is 5.69 Å². The van der Waals surface area contributed by atoms with Crippen LogP contribution < -0.4 is 5.69 Å². The van der Waals surface area contributed by atoms with Gasteiger partial charge in [-0.15, -0.1) is 0 Å². The van der Waals surface area contributed by atoms with E-state index < -0.39 is 0 Å². The lowest BCUT2D eigenvalue weighted by Crippen LogP contribution is -2.39. The Morgan fingerprint density at radius 3 is 2.43 bits per heavy atom. The predicted molar refractivity (Wildman–Crippen MR) is 108 cm³/mol. The monoisotopic (exact) mass is 376 g/mol. The molecule has 2 heterocycles. The van der Waals surface area contributed by atoms with Crippen molar-refractivity contribution in [2.24, 2.45) is 0 Å². The number of aromatic nitrogens is 3. The molecular weight excluding hydrogens is 352 g/mol. The van der Waals surface area contributed by atoms with Crippen LogP contribution >= 0.6 is 0 Å². The summed E-state index contributed by atoms with van der Waals surface area (Å²) in [5, 5.41) is 6.89. The highest BCUT2D eigenvalue weighted by molar-refractivity contribution is 5.78. The van der Waals surface area contributed by atoms with E-state index in [2.05, 4.69) is 10.2 Å². The van der Waals surface area contributed by atoms with Crippen LogP contribution in [0.15, 0.2) is 59.4 Å². The van der Waals surface area contributed by atoms with E-state index >= 15 is 0 Å². The molecule has 0 unspecified atom stereocenters. The maximum Gasteiger partial charge on any atom is 0.347 e. The number of H-pyrrole nitrogens is 1. The first-order chi connectivity index (χ1) is 13.6. The van der Waals surface area contributed by atoms with E-state index in [1.165, 1.54) is 0 Å². The van der Waals surface area contributed by atoms with Gasteiger partial charge in [-0.2, -0.15) is 5.10 Å². The Hall–Kier alpha value is -3.15. The van der Waals surface area contributed by atoms with Crippen molar-refractivity contribution in [3.8, 4) is 5.69 Å². The highest BCUT2D eigenvalue weighted by Crippen LogP contribution is 2.27. The van der Waals surface area contributed by atoms with Crippen molar-refractivity contribution < 1.29 is 4.79 Å². The normalized spacial score (nSPS) is 15.0. The van der Waals surface area contributed by atoms with Gasteiger partial charge in [-0.3, -0.25) is 4.79 Å². The van der Waals surface area contributed by atoms with E-state index in [9.17, 15) is 9.59 Å². The largest absolute Gasteiger partial charge is 0.347 e. The van der Waals surface area contributed by atoms with Gasteiger partial charge >= 0.3 is 5.69 Å². The molecule has 0 aliphatic carbocycles. The maximum absolute atomic E-state index is 12.6. The number of rotatable bonds is 4. The van der Waals surface area contributed by atoms with Gasteiger partial charge in [0, 0.05) is 19.0 Å². The molecule has 1 fully saturated rings. The second kappa shape index (κ2) is 7.84. The number of hydrogen-bond donors (Lipinski definition) is 1. The van der Waals surface area contributed by atoms with Crippen molar-refractivity contribution in [3.05, 3.63) is 82.0 Å². The zero-order chi connectivity index (χ0) is 19.5. The first-order valence-electron chi connectivity index (χ1n) is 9.68. The lowest BCUT2D eigenvalue weighted by Gasteiger charge is -2.31. The number of nitrogens with zero attached hydrogens (tertiary/aromatic N) is 3. The van der Waals surface area contributed by atoms with Gasteiger partial charge in [-0.05, 0) is 37.5 Å². The molecule has 1 aliphatic rings. The second-order valence-electron chi connectivity index (χ2n) is 7.38. The Kier molecular flexibility index (Phi) is 5.10. The number of likely N-dealkylation sites (tertiary alicyclic amines) is 1. The molecule has 0 atom stereocenters. The number of hydrogen-bond acceptors (Lipinski definition) is 3. The third kappa shape index (κ3) is 3.76. The van der Waals surface area contributed by atoms with E-state index in [-0.39, 0.29) is 17.5 Å². The third-order valence-electron chi connectivity index (χ3n) is 5.40. The topological polar surface area (TPSA) is 71.0 Å². The van der Waals surface area contributed by atoms with Crippen molar-refractivity contribution in [1.29, 1.82) is 0 Å². The van der Waals surface area contributed by atoms with E-state index in [0.29, 0.717) is 19.5 Å². The summed E-state index contributed by atoms with van der Waals surface area (Å²) in [5.41, 5.74) is 2.78. The summed E-state index contributed by atoms with van der Waals surface area (Å²) in [4.78, 5) is 26.8. The van der Waals surface area contributed by atoms with Crippen LogP contribution in [-0.4, -0.2) is 38.7 Å².